The molecule has 0 spiro atoms. The number of halogens is 2. The summed E-state index contributed by atoms with van der Waals surface area (Å²) in [6.07, 6.45) is 1.41. The van der Waals surface area contributed by atoms with Crippen molar-refractivity contribution < 1.29 is 13.9 Å². The van der Waals surface area contributed by atoms with Crippen LogP contribution < -0.4 is 15.8 Å². The summed E-state index contributed by atoms with van der Waals surface area (Å²) >= 11 is 0. The molecule has 1 aromatic carbocycles. The number of aromatic amines is 1. The highest BCUT2D eigenvalue weighted by Crippen LogP contribution is 2.34. The van der Waals surface area contributed by atoms with Crippen LogP contribution in [0.4, 0.5) is 10.2 Å². The van der Waals surface area contributed by atoms with E-state index >= 15 is 0 Å². The van der Waals surface area contributed by atoms with Gasteiger partial charge in [-0.3, -0.25) is 4.79 Å². The predicted octanol–water partition coefficient (Wildman–Crippen LogP) is 1.84. The SMILES string of the molecule is CCOC(=O)c1cn2nc(N3CCNCC3)c(-c3ccccc3F)c2c(=O)[nH]1.Cl. The van der Waals surface area contributed by atoms with Crippen molar-refractivity contribution in [2.24, 2.45) is 0 Å². The van der Waals surface area contributed by atoms with Crippen LogP contribution in [-0.2, 0) is 4.74 Å². The molecule has 0 bridgehead atoms. The number of nitrogens with one attached hydrogen (secondary N) is 2. The lowest BCUT2D eigenvalue weighted by Gasteiger charge is -2.28. The summed E-state index contributed by atoms with van der Waals surface area (Å²) in [5.41, 5.74) is 0.357. The first-order chi connectivity index (χ1) is 13.6. The Kier molecular flexibility index (Phi) is 6.19. The van der Waals surface area contributed by atoms with Gasteiger partial charge < -0.3 is 19.9 Å². The second kappa shape index (κ2) is 8.62. The van der Waals surface area contributed by atoms with Crippen LogP contribution in [0.25, 0.3) is 16.6 Å². The maximum absolute atomic E-state index is 14.6. The number of ether oxygens (including phenoxy) is 1. The zero-order valence-electron chi connectivity index (χ0n) is 15.8. The van der Waals surface area contributed by atoms with E-state index in [4.69, 9.17) is 4.74 Å². The maximum atomic E-state index is 14.6. The highest BCUT2D eigenvalue weighted by molar-refractivity contribution is 5.91. The van der Waals surface area contributed by atoms with Crippen molar-refractivity contribution >= 4 is 29.7 Å². The number of esters is 1. The number of anilines is 1. The molecule has 1 aliphatic heterocycles. The summed E-state index contributed by atoms with van der Waals surface area (Å²) in [7, 11) is 0. The van der Waals surface area contributed by atoms with Gasteiger partial charge in [0.2, 0.25) is 0 Å². The number of H-pyrrole nitrogens is 1. The molecule has 10 heteroatoms. The summed E-state index contributed by atoms with van der Waals surface area (Å²) in [6, 6.07) is 6.28. The third-order valence-corrected chi connectivity index (χ3v) is 4.66. The minimum absolute atomic E-state index is 0. The summed E-state index contributed by atoms with van der Waals surface area (Å²) in [4.78, 5) is 29.4. The number of carbonyl (C=O) groups is 1. The van der Waals surface area contributed by atoms with Crippen molar-refractivity contribution in [3.63, 3.8) is 0 Å². The number of nitrogens with zero attached hydrogens (tertiary/aromatic N) is 3. The first-order valence-corrected chi connectivity index (χ1v) is 9.13. The van der Waals surface area contributed by atoms with Crippen molar-refractivity contribution in [3.8, 4) is 11.1 Å². The third kappa shape index (κ3) is 3.83. The molecule has 2 aromatic heterocycles. The van der Waals surface area contributed by atoms with Crippen LogP contribution in [0.3, 0.4) is 0 Å². The quantitative estimate of drug-likeness (QED) is 0.624. The number of piperazine rings is 1. The fraction of sp³-hybridized carbons (Fsp3) is 0.316. The van der Waals surface area contributed by atoms with Crippen LogP contribution in [0.1, 0.15) is 17.4 Å². The first-order valence-electron chi connectivity index (χ1n) is 9.13. The molecule has 29 heavy (non-hydrogen) atoms. The van der Waals surface area contributed by atoms with Crippen LogP contribution >= 0.6 is 12.4 Å². The van der Waals surface area contributed by atoms with Gasteiger partial charge in [0.05, 0.1) is 18.4 Å². The van der Waals surface area contributed by atoms with E-state index in [1.54, 1.807) is 25.1 Å². The maximum Gasteiger partial charge on any atom is 0.356 e. The Morgan fingerprint density at radius 1 is 1.28 bits per heavy atom. The minimum Gasteiger partial charge on any atom is -0.461 e. The summed E-state index contributed by atoms with van der Waals surface area (Å²) < 4.78 is 20.9. The molecule has 8 nitrogen and oxygen atoms in total. The van der Waals surface area contributed by atoms with E-state index in [1.807, 2.05) is 4.90 Å². The predicted molar refractivity (Wildman–Crippen MR) is 109 cm³/mol. The Labute approximate surface area is 172 Å². The van der Waals surface area contributed by atoms with Gasteiger partial charge in [-0.05, 0) is 13.0 Å². The summed E-state index contributed by atoms with van der Waals surface area (Å²) in [6.45, 7) is 4.73. The van der Waals surface area contributed by atoms with Gasteiger partial charge in [-0.2, -0.15) is 0 Å². The fourth-order valence-corrected chi connectivity index (χ4v) is 3.39. The van der Waals surface area contributed by atoms with Gasteiger partial charge in [0.15, 0.2) is 5.82 Å². The lowest BCUT2D eigenvalue weighted by atomic mass is 10.1. The van der Waals surface area contributed by atoms with Crippen LogP contribution in [0.15, 0.2) is 35.3 Å². The molecule has 2 N–H and O–H groups in total. The first kappa shape index (κ1) is 20.8. The Morgan fingerprint density at radius 3 is 2.69 bits per heavy atom. The summed E-state index contributed by atoms with van der Waals surface area (Å²) in [5, 5.41) is 7.80. The number of benzene rings is 1. The molecular formula is C19H21ClFN5O3. The molecule has 3 aromatic rings. The molecule has 3 heterocycles. The number of hydrogen-bond acceptors (Lipinski definition) is 6. The second-order valence-corrected chi connectivity index (χ2v) is 6.43. The van der Waals surface area contributed by atoms with Crippen molar-refractivity contribution in [2.75, 3.05) is 37.7 Å². The molecule has 1 saturated heterocycles. The van der Waals surface area contributed by atoms with Gasteiger partial charge in [-0.15, -0.1) is 17.5 Å². The average molecular weight is 422 g/mol. The van der Waals surface area contributed by atoms with Crippen molar-refractivity contribution in [1.82, 2.24) is 19.9 Å². The van der Waals surface area contributed by atoms with E-state index in [2.05, 4.69) is 15.4 Å². The molecule has 0 amide bonds. The van der Waals surface area contributed by atoms with Gasteiger partial charge in [0.25, 0.3) is 5.56 Å². The molecule has 0 aliphatic carbocycles. The number of carbonyl (C=O) groups excluding carboxylic acids is 1. The van der Waals surface area contributed by atoms with Crippen molar-refractivity contribution in [2.45, 2.75) is 6.92 Å². The lowest BCUT2D eigenvalue weighted by molar-refractivity contribution is 0.0518. The highest BCUT2D eigenvalue weighted by atomic mass is 35.5. The molecule has 4 rings (SSSR count). The molecular weight excluding hydrogens is 401 g/mol. The molecule has 0 radical (unpaired) electrons. The van der Waals surface area contributed by atoms with Crippen LogP contribution in [0.5, 0.6) is 0 Å². The van der Waals surface area contributed by atoms with Gasteiger partial charge in [-0.25, -0.2) is 13.7 Å². The van der Waals surface area contributed by atoms with E-state index in [-0.39, 0.29) is 30.2 Å². The van der Waals surface area contributed by atoms with Gasteiger partial charge in [-0.1, -0.05) is 18.2 Å². The number of hydrogen-bond donors (Lipinski definition) is 2. The Morgan fingerprint density at radius 2 is 2.00 bits per heavy atom. The van der Waals surface area contributed by atoms with E-state index in [9.17, 15) is 14.0 Å². The highest BCUT2D eigenvalue weighted by Gasteiger charge is 2.26. The number of aromatic nitrogens is 3. The largest absolute Gasteiger partial charge is 0.461 e. The minimum atomic E-state index is -0.645. The Bertz CT molecular complexity index is 1090. The van der Waals surface area contributed by atoms with E-state index in [0.717, 1.165) is 13.1 Å². The lowest BCUT2D eigenvalue weighted by Crippen LogP contribution is -2.43. The van der Waals surface area contributed by atoms with E-state index < -0.39 is 17.3 Å². The number of rotatable bonds is 4. The molecule has 1 fully saturated rings. The molecule has 154 valence electrons. The van der Waals surface area contributed by atoms with Crippen molar-refractivity contribution in [1.29, 1.82) is 0 Å². The normalized spacial score (nSPS) is 13.9. The molecule has 0 unspecified atom stereocenters. The monoisotopic (exact) mass is 421 g/mol. The summed E-state index contributed by atoms with van der Waals surface area (Å²) in [5.74, 6) is -0.575. The molecule has 0 atom stereocenters. The second-order valence-electron chi connectivity index (χ2n) is 6.43. The average Bonchev–Trinajstić information content (AvgIpc) is 3.09. The molecule has 1 aliphatic rings. The smallest absolute Gasteiger partial charge is 0.356 e. The van der Waals surface area contributed by atoms with E-state index in [1.165, 1.54) is 16.8 Å². The topological polar surface area (TPSA) is 91.7 Å². The van der Waals surface area contributed by atoms with Gasteiger partial charge >= 0.3 is 5.97 Å². The molecule has 0 saturated carbocycles. The van der Waals surface area contributed by atoms with Crippen LogP contribution in [-0.4, -0.2) is 53.4 Å². The zero-order chi connectivity index (χ0) is 19.7. The Hall–Kier alpha value is -2.91. The Balaban J connectivity index is 0.00000240. The van der Waals surface area contributed by atoms with Gasteiger partial charge in [0, 0.05) is 31.7 Å². The van der Waals surface area contributed by atoms with E-state index in [0.29, 0.717) is 30.0 Å². The fourth-order valence-electron chi connectivity index (χ4n) is 3.39. The number of fused-ring (bicyclic) bond motifs is 1. The standard InChI is InChI=1S/C19H20FN5O3.ClH/c1-2-28-19(27)14-11-25-16(18(26)22-14)15(12-5-3-4-6-13(12)20)17(23-25)24-9-7-21-8-10-24;/h3-6,11,21H,2,7-10H2,1H3,(H,22,26);1H. The van der Waals surface area contributed by atoms with Crippen LogP contribution in [0, 0.1) is 5.82 Å². The van der Waals surface area contributed by atoms with Crippen molar-refractivity contribution in [3.05, 3.63) is 52.3 Å². The third-order valence-electron chi connectivity index (χ3n) is 4.66. The van der Waals surface area contributed by atoms with Gasteiger partial charge in [0.1, 0.15) is 17.0 Å². The van der Waals surface area contributed by atoms with Crippen LogP contribution in [0.2, 0.25) is 0 Å². The zero-order valence-corrected chi connectivity index (χ0v) is 16.6.